The fourth-order valence-electron chi connectivity index (χ4n) is 10.5. The number of hydrogen-bond donors (Lipinski definition) is 0. The van der Waals surface area contributed by atoms with E-state index in [4.69, 9.17) is 0 Å². The number of thiophene rings is 1. The topological polar surface area (TPSA) is 0 Å². The van der Waals surface area contributed by atoms with Crippen LogP contribution in [0.1, 0.15) is 5.56 Å². The molecule has 0 atom stereocenters. The summed E-state index contributed by atoms with van der Waals surface area (Å²) in [5.41, 5.74) is 16.7. The largest absolute Gasteiger partial charge is 0.135 e. The number of hydrogen-bond acceptors (Lipinski definition) is 1. The second-order valence-corrected chi connectivity index (χ2v) is 17.4. The Balaban J connectivity index is 1.16. The summed E-state index contributed by atoms with van der Waals surface area (Å²) in [6, 6.07) is 75.1. The van der Waals surface area contributed by atoms with Crippen molar-refractivity contribution < 1.29 is 0 Å². The first kappa shape index (κ1) is 33.6. The number of fused-ring (bicyclic) bond motifs is 9. The molecule has 0 amide bonds. The lowest BCUT2D eigenvalue weighted by molar-refractivity contribution is 1.47. The Bertz CT molecular complexity index is 3700. The van der Waals surface area contributed by atoms with Crippen LogP contribution in [0.3, 0.4) is 0 Å². The Morgan fingerprint density at radius 3 is 1.55 bits per heavy atom. The molecule has 1 aromatic heterocycles. The van der Waals surface area contributed by atoms with Crippen molar-refractivity contribution in [3.8, 4) is 66.8 Å². The summed E-state index contributed by atoms with van der Waals surface area (Å²) in [5, 5.41) is 12.9. The summed E-state index contributed by atoms with van der Waals surface area (Å²) in [6.07, 6.45) is 0. The molecule has 12 aromatic rings. The highest BCUT2D eigenvalue weighted by Crippen LogP contribution is 2.59. The molecule has 0 N–H and O–H groups in total. The number of rotatable bonds is 4. The van der Waals surface area contributed by atoms with E-state index < -0.39 is 0 Å². The van der Waals surface area contributed by atoms with Crippen molar-refractivity contribution in [2.24, 2.45) is 0 Å². The third-order valence-electron chi connectivity index (χ3n) is 13.0. The molecule has 0 fully saturated rings. The van der Waals surface area contributed by atoms with Crippen LogP contribution in [0.5, 0.6) is 0 Å². The monoisotopic (exact) mass is 776 g/mol. The van der Waals surface area contributed by atoms with Gasteiger partial charge in [-0.3, -0.25) is 0 Å². The maximum Gasteiger partial charge on any atom is 0.0434 e. The minimum Gasteiger partial charge on any atom is -0.135 e. The quantitative estimate of drug-likeness (QED) is 0.156. The molecule has 1 heterocycles. The number of benzene rings is 11. The van der Waals surface area contributed by atoms with Crippen molar-refractivity contribution in [2.75, 3.05) is 0 Å². The van der Waals surface area contributed by atoms with E-state index >= 15 is 0 Å². The minimum absolute atomic E-state index is 1.24. The first-order valence-corrected chi connectivity index (χ1v) is 21.7. The van der Waals surface area contributed by atoms with Gasteiger partial charge in [0.15, 0.2) is 0 Å². The highest BCUT2D eigenvalue weighted by Gasteiger charge is 2.31. The van der Waals surface area contributed by atoms with Crippen LogP contribution in [0.25, 0.3) is 130 Å². The van der Waals surface area contributed by atoms with E-state index in [1.807, 2.05) is 11.3 Å². The van der Waals surface area contributed by atoms with Gasteiger partial charge in [-0.1, -0.05) is 181 Å². The lowest BCUT2D eigenvalue weighted by Crippen LogP contribution is -1.93. The summed E-state index contributed by atoms with van der Waals surface area (Å²) >= 11 is 1.92. The molecule has 0 spiro atoms. The van der Waals surface area contributed by atoms with Gasteiger partial charge in [-0.25, -0.2) is 0 Å². The molecule has 278 valence electrons. The fourth-order valence-corrected chi connectivity index (χ4v) is 11.7. The standard InChI is InChI=1S/C59H36S/c1-35-26-28-37(29-27-35)55-47-22-10-9-21-46(47)54(36-14-3-2-4-15-36)57-48-24-13-23-45-43(30-31-49(56(45)48)58(55)57)50-33-40(34-51-44-20-11-12-25-52(44)60-59(50)51)53-41-18-7-5-16-38(41)32-39-17-6-8-19-42(39)53/h2-34H,1H3. The lowest BCUT2D eigenvalue weighted by Gasteiger charge is -2.20. The molecular formula is C59H36S. The van der Waals surface area contributed by atoms with Crippen LogP contribution in [0.15, 0.2) is 200 Å². The molecule has 0 aliphatic heterocycles. The van der Waals surface area contributed by atoms with Crippen molar-refractivity contribution in [1.82, 2.24) is 0 Å². The molecule has 13 rings (SSSR count). The maximum atomic E-state index is 2.50. The Kier molecular flexibility index (Phi) is 7.20. The van der Waals surface area contributed by atoms with E-state index in [9.17, 15) is 0 Å². The zero-order valence-electron chi connectivity index (χ0n) is 33.0. The molecule has 0 radical (unpaired) electrons. The molecule has 11 aromatic carbocycles. The van der Waals surface area contributed by atoms with Gasteiger partial charge in [0, 0.05) is 25.7 Å². The summed E-state index contributed by atoms with van der Waals surface area (Å²) in [4.78, 5) is 0. The molecule has 1 heteroatoms. The number of aryl methyl sites for hydroxylation is 1. The predicted octanol–water partition coefficient (Wildman–Crippen LogP) is 17.3. The van der Waals surface area contributed by atoms with E-state index in [-0.39, 0.29) is 0 Å². The molecule has 1 aliphatic carbocycles. The van der Waals surface area contributed by atoms with Gasteiger partial charge in [-0.05, 0) is 135 Å². The summed E-state index contributed by atoms with van der Waals surface area (Å²) in [5.74, 6) is 0. The maximum absolute atomic E-state index is 2.50. The van der Waals surface area contributed by atoms with Gasteiger partial charge in [0.25, 0.3) is 0 Å². The molecule has 0 bridgehead atoms. The zero-order chi connectivity index (χ0) is 39.5. The Labute approximate surface area is 352 Å². The van der Waals surface area contributed by atoms with Crippen LogP contribution in [-0.4, -0.2) is 0 Å². The van der Waals surface area contributed by atoms with Gasteiger partial charge in [0.2, 0.25) is 0 Å². The van der Waals surface area contributed by atoms with Crippen LogP contribution >= 0.6 is 11.3 Å². The van der Waals surface area contributed by atoms with Crippen LogP contribution < -0.4 is 0 Å². The van der Waals surface area contributed by atoms with Gasteiger partial charge in [-0.2, -0.15) is 0 Å². The van der Waals surface area contributed by atoms with Gasteiger partial charge in [0.1, 0.15) is 0 Å². The third kappa shape index (κ3) is 4.79. The van der Waals surface area contributed by atoms with Gasteiger partial charge >= 0.3 is 0 Å². The second-order valence-electron chi connectivity index (χ2n) is 16.4. The van der Waals surface area contributed by atoms with Crippen molar-refractivity contribution in [3.05, 3.63) is 206 Å². The highest BCUT2D eigenvalue weighted by atomic mass is 32.1. The average molecular weight is 777 g/mol. The van der Waals surface area contributed by atoms with Crippen molar-refractivity contribution >= 4 is 74.6 Å². The highest BCUT2D eigenvalue weighted by molar-refractivity contribution is 7.26. The first-order chi connectivity index (χ1) is 29.7. The fraction of sp³-hybridized carbons (Fsp3) is 0.0169. The van der Waals surface area contributed by atoms with E-state index in [1.165, 1.54) is 136 Å². The van der Waals surface area contributed by atoms with Crippen LogP contribution in [0.4, 0.5) is 0 Å². The molecule has 1 aliphatic rings. The first-order valence-electron chi connectivity index (χ1n) is 20.8. The second kappa shape index (κ2) is 12.8. The molecule has 0 nitrogen and oxygen atoms in total. The molecular weight excluding hydrogens is 741 g/mol. The Morgan fingerprint density at radius 2 is 0.850 bits per heavy atom. The van der Waals surface area contributed by atoms with Gasteiger partial charge in [-0.15, -0.1) is 11.3 Å². The summed E-state index contributed by atoms with van der Waals surface area (Å²) in [6.45, 7) is 2.17. The zero-order valence-corrected chi connectivity index (χ0v) is 33.8. The Hall–Kier alpha value is -7.32. The molecule has 60 heavy (non-hydrogen) atoms. The predicted molar refractivity (Wildman–Crippen MR) is 260 cm³/mol. The van der Waals surface area contributed by atoms with Crippen LogP contribution in [0.2, 0.25) is 0 Å². The smallest absolute Gasteiger partial charge is 0.0434 e. The van der Waals surface area contributed by atoms with E-state index in [0.29, 0.717) is 0 Å². The van der Waals surface area contributed by atoms with E-state index in [2.05, 4.69) is 207 Å². The van der Waals surface area contributed by atoms with Crippen LogP contribution in [0, 0.1) is 6.92 Å². The lowest BCUT2D eigenvalue weighted by atomic mass is 9.82. The SMILES string of the molecule is Cc1ccc(-c2c3c(c(-c4ccccc4)c4ccccc24)-c2cccc4c(-c5cc(-c6c7ccccc7cc7ccccc67)cc6c5sc5ccccc56)ccc-3c24)cc1. The molecule has 0 unspecified atom stereocenters. The summed E-state index contributed by atoms with van der Waals surface area (Å²) in [7, 11) is 0. The van der Waals surface area contributed by atoms with Gasteiger partial charge < -0.3 is 0 Å². The third-order valence-corrected chi connectivity index (χ3v) is 14.2. The Morgan fingerprint density at radius 1 is 0.300 bits per heavy atom. The van der Waals surface area contributed by atoms with Crippen molar-refractivity contribution in [2.45, 2.75) is 6.92 Å². The van der Waals surface area contributed by atoms with Crippen LogP contribution in [-0.2, 0) is 0 Å². The normalized spacial score (nSPS) is 12.1. The van der Waals surface area contributed by atoms with E-state index in [1.54, 1.807) is 0 Å². The molecule has 0 saturated carbocycles. The van der Waals surface area contributed by atoms with Gasteiger partial charge in [0.05, 0.1) is 0 Å². The van der Waals surface area contributed by atoms with Crippen molar-refractivity contribution in [1.29, 1.82) is 0 Å². The minimum atomic E-state index is 1.24. The molecule has 0 saturated heterocycles. The van der Waals surface area contributed by atoms with Crippen molar-refractivity contribution in [3.63, 3.8) is 0 Å². The van der Waals surface area contributed by atoms with E-state index in [0.717, 1.165) is 0 Å². The summed E-state index contributed by atoms with van der Waals surface area (Å²) < 4.78 is 2.64. The average Bonchev–Trinajstić information content (AvgIpc) is 3.84.